The number of rotatable bonds is 4. The lowest BCUT2D eigenvalue weighted by Crippen LogP contribution is -2.36. The molecule has 2 aromatic carbocycles. The first-order valence-corrected chi connectivity index (χ1v) is 10.6. The van der Waals surface area contributed by atoms with Crippen molar-refractivity contribution in [2.75, 3.05) is 17.2 Å². The highest BCUT2D eigenvalue weighted by atomic mass is 79.9. The molecule has 1 amide bonds. The number of carbonyl (C=O) groups excluding carboxylic acids is 1. The summed E-state index contributed by atoms with van der Waals surface area (Å²) in [5.74, 6) is 0.373. The highest BCUT2D eigenvalue weighted by Crippen LogP contribution is 2.31. The number of carbonyl (C=O) groups is 1. The molecule has 1 aromatic heterocycles. The van der Waals surface area contributed by atoms with E-state index in [1.165, 1.54) is 17.3 Å². The fraction of sp³-hybridized carbons (Fsp3) is 0.211. The van der Waals surface area contributed by atoms with E-state index >= 15 is 0 Å². The molecule has 0 bridgehead atoms. The van der Waals surface area contributed by atoms with Gasteiger partial charge in [0.05, 0.1) is 11.4 Å². The molecule has 0 saturated heterocycles. The molecule has 0 aliphatic carbocycles. The summed E-state index contributed by atoms with van der Waals surface area (Å²) in [5.41, 5.74) is 3.08. The van der Waals surface area contributed by atoms with E-state index in [0.29, 0.717) is 15.9 Å². The van der Waals surface area contributed by atoms with Crippen LogP contribution in [0.1, 0.15) is 12.0 Å². The summed E-state index contributed by atoms with van der Waals surface area (Å²) in [6.45, 7) is 0.745. The van der Waals surface area contributed by atoms with Gasteiger partial charge in [-0.25, -0.2) is 0 Å². The minimum atomic E-state index is 0.0731. The maximum atomic E-state index is 12.9. The lowest BCUT2D eigenvalue weighted by molar-refractivity contribution is -0.116. The van der Waals surface area contributed by atoms with Gasteiger partial charge in [0, 0.05) is 21.7 Å². The average Bonchev–Trinajstić information content (AvgIpc) is 3.14. The van der Waals surface area contributed by atoms with Gasteiger partial charge in [-0.15, -0.1) is 10.2 Å². The molecule has 0 fully saturated rings. The zero-order chi connectivity index (χ0) is 18.8. The van der Waals surface area contributed by atoms with Crippen LogP contribution in [0.3, 0.4) is 0 Å². The maximum Gasteiger partial charge on any atom is 0.237 e. The van der Waals surface area contributed by atoms with Gasteiger partial charge in [0.2, 0.25) is 5.91 Å². The van der Waals surface area contributed by atoms with Gasteiger partial charge >= 0.3 is 0 Å². The van der Waals surface area contributed by atoms with E-state index in [1.807, 2.05) is 45.9 Å². The molecule has 5 nitrogen and oxygen atoms in total. The van der Waals surface area contributed by atoms with Gasteiger partial charge in [-0.3, -0.25) is 9.36 Å². The molecule has 0 N–H and O–H groups in total. The Morgan fingerprint density at radius 1 is 1.26 bits per heavy atom. The molecule has 1 aliphatic rings. The third kappa shape index (κ3) is 4.05. The van der Waals surface area contributed by atoms with Gasteiger partial charge in [0.1, 0.15) is 6.33 Å². The molecule has 1 aliphatic heterocycles. The Morgan fingerprint density at radius 3 is 3.00 bits per heavy atom. The first-order chi connectivity index (χ1) is 13.1. The summed E-state index contributed by atoms with van der Waals surface area (Å²) in [6.07, 6.45) is 3.60. The summed E-state index contributed by atoms with van der Waals surface area (Å²) in [5, 5.41) is 9.44. The zero-order valence-corrected chi connectivity index (χ0v) is 17.5. The molecule has 0 atom stereocenters. The van der Waals surface area contributed by atoms with Crippen molar-refractivity contribution in [3.63, 3.8) is 0 Å². The van der Waals surface area contributed by atoms with Crippen LogP contribution in [0.25, 0.3) is 5.69 Å². The van der Waals surface area contributed by atoms with Crippen molar-refractivity contribution in [1.82, 2.24) is 14.8 Å². The highest BCUT2D eigenvalue weighted by Gasteiger charge is 2.23. The van der Waals surface area contributed by atoms with Crippen LogP contribution < -0.4 is 4.90 Å². The second kappa shape index (κ2) is 8.04. The summed E-state index contributed by atoms with van der Waals surface area (Å²) in [6, 6.07) is 13.5. The average molecular weight is 464 g/mol. The zero-order valence-electron chi connectivity index (χ0n) is 14.3. The number of hydrogen-bond donors (Lipinski definition) is 0. The van der Waals surface area contributed by atoms with E-state index < -0.39 is 0 Å². The molecule has 27 heavy (non-hydrogen) atoms. The third-order valence-electron chi connectivity index (χ3n) is 4.39. The van der Waals surface area contributed by atoms with Gasteiger partial charge in [0.15, 0.2) is 5.16 Å². The minimum absolute atomic E-state index is 0.0731. The third-order valence-corrected chi connectivity index (χ3v) is 6.04. The van der Waals surface area contributed by atoms with Crippen molar-refractivity contribution >= 4 is 50.9 Å². The van der Waals surface area contributed by atoms with E-state index in [2.05, 4.69) is 32.2 Å². The van der Waals surface area contributed by atoms with Crippen LogP contribution in [0.5, 0.6) is 0 Å². The number of hydrogen-bond acceptors (Lipinski definition) is 4. The molecule has 0 spiro atoms. The minimum Gasteiger partial charge on any atom is -0.311 e. The van der Waals surface area contributed by atoms with Crippen molar-refractivity contribution in [3.8, 4) is 5.69 Å². The molecule has 138 valence electrons. The molecule has 8 heteroatoms. The van der Waals surface area contributed by atoms with Crippen molar-refractivity contribution < 1.29 is 4.79 Å². The van der Waals surface area contributed by atoms with Crippen LogP contribution in [-0.4, -0.2) is 33.0 Å². The fourth-order valence-electron chi connectivity index (χ4n) is 3.15. The Kier molecular flexibility index (Phi) is 5.52. The van der Waals surface area contributed by atoms with Crippen LogP contribution in [0, 0.1) is 0 Å². The van der Waals surface area contributed by atoms with E-state index in [4.69, 9.17) is 11.6 Å². The summed E-state index contributed by atoms with van der Waals surface area (Å²) < 4.78 is 2.88. The van der Waals surface area contributed by atoms with Crippen LogP contribution in [0.15, 0.2) is 58.4 Å². The number of anilines is 1. The number of benzene rings is 2. The van der Waals surface area contributed by atoms with Crippen LogP contribution >= 0.6 is 39.3 Å². The summed E-state index contributed by atoms with van der Waals surface area (Å²) in [7, 11) is 0. The van der Waals surface area contributed by atoms with Crippen LogP contribution in [-0.2, 0) is 11.2 Å². The quantitative estimate of drug-likeness (QED) is 0.524. The van der Waals surface area contributed by atoms with Crippen molar-refractivity contribution in [1.29, 1.82) is 0 Å². The molecule has 0 saturated carbocycles. The lowest BCUT2D eigenvalue weighted by atomic mass is 10.0. The van der Waals surface area contributed by atoms with Gasteiger partial charge < -0.3 is 4.90 Å². The first kappa shape index (κ1) is 18.5. The monoisotopic (exact) mass is 462 g/mol. The fourth-order valence-corrected chi connectivity index (χ4v) is 4.55. The standard InChI is InChI=1S/C19H16BrClN4OS/c20-14-6-7-17-13(9-14)3-2-8-24(17)18(26)11-27-19-23-22-12-25(19)16-5-1-4-15(21)10-16/h1,4-7,9-10,12H,2-3,8,11H2. The van der Waals surface area contributed by atoms with Crippen molar-refractivity contribution in [2.24, 2.45) is 0 Å². The molecule has 3 aromatic rings. The predicted molar refractivity (Wildman–Crippen MR) is 112 cm³/mol. The number of fused-ring (bicyclic) bond motifs is 1. The topological polar surface area (TPSA) is 51.0 Å². The maximum absolute atomic E-state index is 12.9. The second-order valence-electron chi connectivity index (χ2n) is 6.17. The van der Waals surface area contributed by atoms with E-state index in [-0.39, 0.29) is 5.91 Å². The normalized spacial score (nSPS) is 13.5. The Labute approximate surface area is 174 Å². The van der Waals surface area contributed by atoms with Gasteiger partial charge in [-0.05, 0) is 54.8 Å². The lowest BCUT2D eigenvalue weighted by Gasteiger charge is -2.29. The molecule has 0 unspecified atom stereocenters. The molecule has 0 radical (unpaired) electrons. The summed E-state index contributed by atoms with van der Waals surface area (Å²) in [4.78, 5) is 14.7. The predicted octanol–water partition coefficient (Wildman–Crippen LogP) is 4.75. The number of aromatic nitrogens is 3. The van der Waals surface area contributed by atoms with Crippen molar-refractivity contribution in [2.45, 2.75) is 18.0 Å². The molecular formula is C19H16BrClN4OS. The Balaban J connectivity index is 1.49. The number of nitrogens with zero attached hydrogens (tertiary/aromatic N) is 4. The Morgan fingerprint density at radius 2 is 2.15 bits per heavy atom. The van der Waals surface area contributed by atoms with E-state index in [0.717, 1.165) is 35.2 Å². The van der Waals surface area contributed by atoms with Gasteiger partial charge in [-0.1, -0.05) is 45.4 Å². The van der Waals surface area contributed by atoms with E-state index in [1.54, 1.807) is 6.33 Å². The molecule has 4 rings (SSSR count). The molecule has 2 heterocycles. The number of amides is 1. The number of thioether (sulfide) groups is 1. The number of aryl methyl sites for hydroxylation is 1. The smallest absolute Gasteiger partial charge is 0.237 e. The van der Waals surface area contributed by atoms with Gasteiger partial charge in [-0.2, -0.15) is 0 Å². The Hall–Kier alpha value is -1.83. The van der Waals surface area contributed by atoms with Crippen LogP contribution in [0.4, 0.5) is 5.69 Å². The number of halogens is 2. The first-order valence-electron chi connectivity index (χ1n) is 8.49. The largest absolute Gasteiger partial charge is 0.311 e. The summed E-state index contributed by atoms with van der Waals surface area (Å²) >= 11 is 11.0. The molecular weight excluding hydrogens is 448 g/mol. The SMILES string of the molecule is O=C(CSc1nncn1-c1cccc(Cl)c1)N1CCCc2cc(Br)ccc21. The van der Waals surface area contributed by atoms with Crippen molar-refractivity contribution in [3.05, 3.63) is 63.9 Å². The Bertz CT molecular complexity index is 993. The van der Waals surface area contributed by atoms with Crippen LogP contribution in [0.2, 0.25) is 5.02 Å². The second-order valence-corrected chi connectivity index (χ2v) is 8.47. The van der Waals surface area contributed by atoms with E-state index in [9.17, 15) is 4.79 Å². The highest BCUT2D eigenvalue weighted by molar-refractivity contribution is 9.10. The van der Waals surface area contributed by atoms with Gasteiger partial charge in [0.25, 0.3) is 0 Å².